The summed E-state index contributed by atoms with van der Waals surface area (Å²) in [6.45, 7) is 11.1. The summed E-state index contributed by atoms with van der Waals surface area (Å²) in [4.78, 5) is 12.0. The van der Waals surface area contributed by atoms with Crippen molar-refractivity contribution in [3.05, 3.63) is 0 Å². The van der Waals surface area contributed by atoms with Crippen LogP contribution in [0.2, 0.25) is 0 Å². The molecule has 0 spiro atoms. The number of hydrogen-bond acceptors (Lipinski definition) is 3. The third-order valence-corrected chi connectivity index (χ3v) is 3.98. The first-order chi connectivity index (χ1) is 7.75. The molecule has 2 unspecified atom stereocenters. The molecule has 1 aliphatic carbocycles. The first kappa shape index (κ1) is 14.5. The minimum Gasteiger partial charge on any atom is -0.378 e. The monoisotopic (exact) mass is 242 g/mol. The highest BCUT2D eigenvalue weighted by molar-refractivity contribution is 5.82. The number of nitrogens with one attached hydrogen (secondary N) is 1. The van der Waals surface area contributed by atoms with Crippen molar-refractivity contribution < 1.29 is 9.53 Å². The Hall–Kier alpha value is -0.610. The van der Waals surface area contributed by atoms with E-state index in [2.05, 4.69) is 19.2 Å². The molecule has 2 atom stereocenters. The maximum absolute atomic E-state index is 12.0. The molecule has 0 aromatic heterocycles. The van der Waals surface area contributed by atoms with Gasteiger partial charge in [0.2, 0.25) is 5.91 Å². The van der Waals surface area contributed by atoms with Crippen molar-refractivity contribution in [3.8, 4) is 0 Å². The summed E-state index contributed by atoms with van der Waals surface area (Å²) in [5.74, 6) is 0.0352. The van der Waals surface area contributed by atoms with Gasteiger partial charge in [0.05, 0.1) is 11.5 Å². The van der Waals surface area contributed by atoms with E-state index >= 15 is 0 Å². The first-order valence-corrected chi connectivity index (χ1v) is 6.38. The van der Waals surface area contributed by atoms with Crippen molar-refractivity contribution in [2.24, 2.45) is 16.6 Å². The Balaban J connectivity index is 2.53. The third kappa shape index (κ3) is 2.80. The minimum atomic E-state index is -0.493. The van der Waals surface area contributed by atoms with Gasteiger partial charge in [-0.1, -0.05) is 13.8 Å². The number of amides is 1. The van der Waals surface area contributed by atoms with Crippen LogP contribution < -0.4 is 11.1 Å². The average molecular weight is 242 g/mol. The second kappa shape index (κ2) is 4.94. The summed E-state index contributed by atoms with van der Waals surface area (Å²) in [6, 6.07) is 0.192. The SMILES string of the molecule is CCOC1CC(NC(=O)C(C)(C)CN)C1(C)C. The van der Waals surface area contributed by atoms with Crippen LogP contribution in [-0.4, -0.2) is 31.2 Å². The molecule has 0 saturated heterocycles. The molecular formula is C13H26N2O2. The maximum atomic E-state index is 12.0. The lowest BCUT2D eigenvalue weighted by Gasteiger charge is -2.52. The molecule has 0 heterocycles. The summed E-state index contributed by atoms with van der Waals surface area (Å²) >= 11 is 0. The quantitative estimate of drug-likeness (QED) is 0.763. The highest BCUT2D eigenvalue weighted by Crippen LogP contribution is 2.43. The van der Waals surface area contributed by atoms with E-state index in [0.29, 0.717) is 6.54 Å². The topological polar surface area (TPSA) is 64.3 Å². The molecule has 0 radical (unpaired) electrons. The van der Waals surface area contributed by atoms with Crippen LogP contribution in [0, 0.1) is 10.8 Å². The molecule has 17 heavy (non-hydrogen) atoms. The fraction of sp³-hybridized carbons (Fsp3) is 0.923. The van der Waals surface area contributed by atoms with Crippen LogP contribution >= 0.6 is 0 Å². The number of ether oxygens (including phenoxy) is 1. The summed E-state index contributed by atoms with van der Waals surface area (Å²) < 4.78 is 5.64. The first-order valence-electron chi connectivity index (χ1n) is 6.38. The Bertz CT molecular complexity index is 287. The van der Waals surface area contributed by atoms with Crippen LogP contribution in [0.4, 0.5) is 0 Å². The van der Waals surface area contributed by atoms with E-state index in [-0.39, 0.29) is 23.5 Å². The molecule has 4 nitrogen and oxygen atoms in total. The molecule has 1 saturated carbocycles. The van der Waals surface area contributed by atoms with Crippen LogP contribution in [0.15, 0.2) is 0 Å². The van der Waals surface area contributed by atoms with Crippen LogP contribution in [0.3, 0.4) is 0 Å². The van der Waals surface area contributed by atoms with Crippen LogP contribution in [0.1, 0.15) is 41.0 Å². The Morgan fingerprint density at radius 1 is 1.53 bits per heavy atom. The highest BCUT2D eigenvalue weighted by Gasteiger charge is 2.50. The highest BCUT2D eigenvalue weighted by atomic mass is 16.5. The van der Waals surface area contributed by atoms with E-state index in [9.17, 15) is 4.79 Å². The Morgan fingerprint density at radius 3 is 2.53 bits per heavy atom. The summed E-state index contributed by atoms with van der Waals surface area (Å²) in [5, 5.41) is 3.09. The molecule has 100 valence electrons. The minimum absolute atomic E-state index is 0.0103. The molecule has 0 bridgehead atoms. The van der Waals surface area contributed by atoms with Crippen molar-refractivity contribution >= 4 is 5.91 Å². The molecule has 1 amide bonds. The van der Waals surface area contributed by atoms with Gasteiger partial charge < -0.3 is 15.8 Å². The number of hydrogen-bond donors (Lipinski definition) is 2. The van der Waals surface area contributed by atoms with Gasteiger partial charge in [0.25, 0.3) is 0 Å². The normalized spacial score (nSPS) is 27.4. The van der Waals surface area contributed by atoms with Gasteiger partial charge in [0.1, 0.15) is 0 Å². The van der Waals surface area contributed by atoms with Gasteiger partial charge in [-0.05, 0) is 27.2 Å². The van der Waals surface area contributed by atoms with Crippen molar-refractivity contribution in [3.63, 3.8) is 0 Å². The van der Waals surface area contributed by atoms with Crippen LogP contribution in [0.25, 0.3) is 0 Å². The van der Waals surface area contributed by atoms with Gasteiger partial charge in [-0.25, -0.2) is 0 Å². The zero-order chi connectivity index (χ0) is 13.3. The zero-order valence-corrected chi connectivity index (χ0v) is 11.7. The molecule has 0 aromatic carbocycles. The largest absolute Gasteiger partial charge is 0.378 e. The van der Waals surface area contributed by atoms with Gasteiger partial charge in [0.15, 0.2) is 0 Å². The van der Waals surface area contributed by atoms with Crippen LogP contribution in [0.5, 0.6) is 0 Å². The molecule has 0 aliphatic heterocycles. The van der Waals surface area contributed by atoms with E-state index in [1.807, 2.05) is 20.8 Å². The third-order valence-electron chi connectivity index (χ3n) is 3.98. The fourth-order valence-electron chi connectivity index (χ4n) is 2.06. The molecule has 0 aromatic rings. The second-order valence-electron chi connectivity index (χ2n) is 6.12. The Labute approximate surface area is 104 Å². The zero-order valence-electron chi connectivity index (χ0n) is 11.7. The van der Waals surface area contributed by atoms with Gasteiger partial charge >= 0.3 is 0 Å². The molecule has 4 heteroatoms. The lowest BCUT2D eigenvalue weighted by Crippen LogP contribution is -2.63. The lowest BCUT2D eigenvalue weighted by molar-refractivity contribution is -0.142. The van der Waals surface area contributed by atoms with Crippen molar-refractivity contribution in [1.29, 1.82) is 0 Å². The van der Waals surface area contributed by atoms with E-state index in [1.165, 1.54) is 0 Å². The Morgan fingerprint density at radius 2 is 2.12 bits per heavy atom. The number of carbonyl (C=O) groups is 1. The average Bonchev–Trinajstić information content (AvgIpc) is 2.27. The smallest absolute Gasteiger partial charge is 0.227 e. The summed E-state index contributed by atoms with van der Waals surface area (Å²) in [5.41, 5.74) is 5.12. The van der Waals surface area contributed by atoms with Crippen LogP contribution in [-0.2, 0) is 9.53 Å². The number of carbonyl (C=O) groups excluding carboxylic acids is 1. The van der Waals surface area contributed by atoms with Crippen molar-refractivity contribution in [2.75, 3.05) is 13.2 Å². The molecule has 1 aliphatic rings. The predicted molar refractivity (Wildman–Crippen MR) is 68.6 cm³/mol. The lowest BCUT2D eigenvalue weighted by atomic mass is 9.64. The van der Waals surface area contributed by atoms with Gasteiger partial charge in [0, 0.05) is 24.6 Å². The van der Waals surface area contributed by atoms with E-state index in [4.69, 9.17) is 10.5 Å². The fourth-order valence-corrected chi connectivity index (χ4v) is 2.06. The molecular weight excluding hydrogens is 216 g/mol. The molecule has 1 rings (SSSR count). The van der Waals surface area contributed by atoms with E-state index < -0.39 is 5.41 Å². The summed E-state index contributed by atoms with van der Waals surface area (Å²) in [7, 11) is 0. The molecule has 1 fully saturated rings. The van der Waals surface area contributed by atoms with E-state index in [1.54, 1.807) is 0 Å². The number of nitrogens with two attached hydrogens (primary N) is 1. The van der Waals surface area contributed by atoms with Crippen molar-refractivity contribution in [2.45, 2.75) is 53.2 Å². The van der Waals surface area contributed by atoms with Crippen molar-refractivity contribution in [1.82, 2.24) is 5.32 Å². The Kier molecular flexibility index (Phi) is 4.20. The standard InChI is InChI=1S/C13H26N2O2/c1-6-17-10-7-9(13(10,4)5)15-11(16)12(2,3)8-14/h9-10H,6-8,14H2,1-5H3,(H,15,16). The van der Waals surface area contributed by atoms with Gasteiger partial charge in [-0.3, -0.25) is 4.79 Å². The van der Waals surface area contributed by atoms with Gasteiger partial charge in [-0.15, -0.1) is 0 Å². The second-order valence-corrected chi connectivity index (χ2v) is 6.12. The molecule has 3 N–H and O–H groups in total. The van der Waals surface area contributed by atoms with Gasteiger partial charge in [-0.2, -0.15) is 0 Å². The summed E-state index contributed by atoms with van der Waals surface area (Å²) in [6.07, 6.45) is 1.14. The maximum Gasteiger partial charge on any atom is 0.227 e. The number of rotatable bonds is 5. The predicted octanol–water partition coefficient (Wildman–Crippen LogP) is 1.29. The van der Waals surface area contributed by atoms with E-state index in [0.717, 1.165) is 13.0 Å².